The Morgan fingerprint density at radius 3 is 2.27 bits per heavy atom. The molecule has 1 aromatic heterocycles. The molecule has 15 heavy (non-hydrogen) atoms. The number of para-hydroxylation sites is 1. The van der Waals surface area contributed by atoms with Gasteiger partial charge in [-0.05, 0) is 12.1 Å². The summed E-state index contributed by atoms with van der Waals surface area (Å²) in [4.78, 5) is 0. The Bertz CT molecular complexity index is 510. The van der Waals surface area contributed by atoms with Gasteiger partial charge >= 0.3 is 26.8 Å². The molecule has 0 amide bonds. The zero-order valence-electron chi connectivity index (χ0n) is 8.16. The second-order valence-corrected chi connectivity index (χ2v) is 3.60. The van der Waals surface area contributed by atoms with Crippen molar-refractivity contribution in [3.63, 3.8) is 0 Å². The zero-order chi connectivity index (χ0) is 11.3. The van der Waals surface area contributed by atoms with Crippen molar-refractivity contribution in [1.29, 1.82) is 0 Å². The van der Waals surface area contributed by atoms with E-state index >= 15 is 0 Å². The van der Waals surface area contributed by atoms with Gasteiger partial charge in [0.25, 0.3) is 0 Å². The predicted octanol–water partition coefficient (Wildman–Crippen LogP) is 0.235. The molecule has 1 heterocycles. The maximum atomic E-state index is 8.56. The molecule has 0 unspecified atom stereocenters. The van der Waals surface area contributed by atoms with Crippen molar-refractivity contribution in [3.8, 4) is 0 Å². The van der Waals surface area contributed by atoms with Gasteiger partial charge in [-0.3, -0.25) is 0 Å². The molecule has 0 N–H and O–H groups in total. The molecule has 0 bridgehead atoms. The topological polar surface area (TPSA) is 61.1 Å². The molecule has 0 atom stereocenters. The first-order chi connectivity index (χ1) is 7.11. The minimum atomic E-state index is -3.94. The Morgan fingerprint density at radius 1 is 1.13 bits per heavy atom. The third kappa shape index (κ3) is 3.79. The van der Waals surface area contributed by atoms with Crippen molar-refractivity contribution in [2.75, 3.05) is 0 Å². The first-order valence-corrected chi connectivity index (χ1v) is 5.97. The molecule has 2 aromatic rings. The Morgan fingerprint density at radius 2 is 1.67 bits per heavy atom. The third-order valence-corrected chi connectivity index (χ3v) is 1.90. The Labute approximate surface area is 92.2 Å². The monoisotopic (exact) mass is 243 g/mol. The van der Waals surface area contributed by atoms with Crippen LogP contribution in [-0.4, -0.2) is 0 Å². The van der Waals surface area contributed by atoms with Crippen molar-refractivity contribution in [2.24, 2.45) is 7.05 Å². The molecule has 0 aliphatic rings. The summed E-state index contributed by atoms with van der Waals surface area (Å²) < 4.78 is 27.8. The van der Waals surface area contributed by atoms with Crippen LogP contribution in [0, 0.1) is 0 Å². The van der Waals surface area contributed by atoms with Crippen LogP contribution in [0.2, 0.25) is 0 Å². The molecule has 0 saturated heterocycles. The number of aromatic nitrogens is 1. The van der Waals surface area contributed by atoms with Crippen LogP contribution >= 0.6 is 0 Å². The van der Waals surface area contributed by atoms with E-state index in [4.69, 9.17) is 11.4 Å². The molecule has 0 aliphatic heterocycles. The Hall–Kier alpha value is -1.23. The van der Waals surface area contributed by atoms with Crippen LogP contribution in [0.1, 0.15) is 0 Å². The van der Waals surface area contributed by atoms with Gasteiger partial charge in [0.05, 0.1) is 0 Å². The first kappa shape index (κ1) is 11.8. The van der Waals surface area contributed by atoms with Crippen LogP contribution in [0.5, 0.6) is 0 Å². The molecular formula is C10H10NO3V. The van der Waals surface area contributed by atoms with Crippen molar-refractivity contribution < 1.29 is 31.3 Å². The summed E-state index contributed by atoms with van der Waals surface area (Å²) in [6.07, 6.45) is 2.06. The molecule has 2 rings (SSSR count). The van der Waals surface area contributed by atoms with Crippen LogP contribution in [0.4, 0.5) is 0 Å². The Kier molecular flexibility index (Phi) is 4.43. The van der Waals surface area contributed by atoms with E-state index in [1.165, 1.54) is 10.9 Å². The van der Waals surface area contributed by atoms with E-state index in [2.05, 4.69) is 54.2 Å². The molecule has 5 heteroatoms. The van der Waals surface area contributed by atoms with Crippen molar-refractivity contribution in [1.82, 2.24) is 0 Å². The minimum absolute atomic E-state index is 1.27. The van der Waals surface area contributed by atoms with E-state index in [9.17, 15) is 0 Å². The van der Waals surface area contributed by atoms with Gasteiger partial charge in [0.1, 0.15) is 7.05 Å². The van der Waals surface area contributed by atoms with E-state index in [0.29, 0.717) is 0 Å². The van der Waals surface area contributed by atoms with E-state index < -0.39 is 15.4 Å². The molecule has 78 valence electrons. The van der Waals surface area contributed by atoms with E-state index in [0.717, 1.165) is 0 Å². The number of hydrogen-bond donors (Lipinski definition) is 0. The van der Waals surface area contributed by atoms with Crippen molar-refractivity contribution >= 4 is 10.9 Å². The van der Waals surface area contributed by atoms with Gasteiger partial charge in [-0.2, -0.15) is 0 Å². The normalized spacial score (nSPS) is 9.20. The molecule has 0 fully saturated rings. The summed E-state index contributed by atoms with van der Waals surface area (Å²) in [6, 6.07) is 12.5. The van der Waals surface area contributed by atoms with E-state index in [1.54, 1.807) is 0 Å². The van der Waals surface area contributed by atoms with Gasteiger partial charge in [-0.1, -0.05) is 12.1 Å². The first-order valence-electron chi connectivity index (χ1n) is 4.26. The maximum absolute atomic E-state index is 8.56. The second-order valence-electron chi connectivity index (χ2n) is 2.90. The predicted molar refractivity (Wildman–Crippen MR) is 46.5 cm³/mol. The summed E-state index contributed by atoms with van der Waals surface area (Å²) in [7, 11) is 2.06. The fraction of sp³-hybridized carbons (Fsp3) is 0.100. The van der Waals surface area contributed by atoms with Gasteiger partial charge in [-0.25, -0.2) is 4.57 Å². The fourth-order valence-electron chi connectivity index (χ4n) is 1.31. The number of aryl methyl sites for hydroxylation is 1. The molecule has 0 saturated carbocycles. The summed E-state index contributed by atoms with van der Waals surface area (Å²) >= 11 is -3.94. The van der Waals surface area contributed by atoms with Gasteiger partial charge < -0.3 is 0 Å². The number of fused-ring (bicyclic) bond motifs is 1. The molecule has 4 nitrogen and oxygen atoms in total. The number of benzene rings is 1. The SMILES string of the molecule is C[n+]1cccc2ccccc21.[O]=[V](=[O])[O-]. The van der Waals surface area contributed by atoms with Crippen molar-refractivity contribution in [3.05, 3.63) is 42.6 Å². The van der Waals surface area contributed by atoms with Gasteiger partial charge in [0.2, 0.25) is 5.52 Å². The standard InChI is InChI=1S/C10H10N.3O.V/c1-11-8-4-6-9-5-2-3-7-10(9)11;;;;/h2-8H,1H3;;;;/q+1;;;-1;. The fourth-order valence-corrected chi connectivity index (χ4v) is 1.31. The number of pyridine rings is 1. The van der Waals surface area contributed by atoms with Gasteiger partial charge in [-0.15, -0.1) is 0 Å². The molecular weight excluding hydrogens is 233 g/mol. The van der Waals surface area contributed by atoms with Gasteiger partial charge in [0.15, 0.2) is 6.20 Å². The van der Waals surface area contributed by atoms with Crippen LogP contribution in [0.3, 0.4) is 0 Å². The number of rotatable bonds is 0. The average molecular weight is 243 g/mol. The summed E-state index contributed by atoms with van der Waals surface area (Å²) in [6.45, 7) is 0. The zero-order valence-corrected chi connectivity index (χ0v) is 9.56. The molecule has 1 aromatic carbocycles. The van der Waals surface area contributed by atoms with Crippen LogP contribution in [-0.2, 0) is 29.8 Å². The third-order valence-electron chi connectivity index (χ3n) is 1.90. The van der Waals surface area contributed by atoms with Crippen LogP contribution in [0.25, 0.3) is 10.9 Å². The van der Waals surface area contributed by atoms with Gasteiger partial charge in [0, 0.05) is 17.5 Å². The van der Waals surface area contributed by atoms with E-state index in [1.807, 2.05) is 0 Å². The Balaban J connectivity index is 0.000000245. The van der Waals surface area contributed by atoms with E-state index in [-0.39, 0.29) is 0 Å². The average Bonchev–Trinajstić information content (AvgIpc) is 2.18. The second kappa shape index (κ2) is 5.61. The van der Waals surface area contributed by atoms with Crippen molar-refractivity contribution in [2.45, 2.75) is 0 Å². The summed E-state index contributed by atoms with van der Waals surface area (Å²) in [5.41, 5.74) is 1.27. The number of hydrogen-bond acceptors (Lipinski definition) is 3. The molecule has 0 radical (unpaired) electrons. The van der Waals surface area contributed by atoms with Crippen LogP contribution < -0.4 is 8.60 Å². The number of nitrogens with zero attached hydrogens (tertiary/aromatic N) is 1. The molecule has 0 spiro atoms. The summed E-state index contributed by atoms with van der Waals surface area (Å²) in [5, 5.41) is 1.29. The molecule has 0 aliphatic carbocycles. The quantitative estimate of drug-likeness (QED) is 0.622. The van der Waals surface area contributed by atoms with Crippen LogP contribution in [0.15, 0.2) is 42.6 Å². The summed E-state index contributed by atoms with van der Waals surface area (Å²) in [5.74, 6) is 0.